The summed E-state index contributed by atoms with van der Waals surface area (Å²) in [5.74, 6) is 0. The average Bonchev–Trinajstić information content (AvgIpc) is 3.05. The van der Waals surface area contributed by atoms with Gasteiger partial charge in [0.1, 0.15) is 18.8 Å². The van der Waals surface area contributed by atoms with Gasteiger partial charge < -0.3 is 0 Å². The summed E-state index contributed by atoms with van der Waals surface area (Å²) in [5.41, 5.74) is 1.82. The van der Waals surface area contributed by atoms with Gasteiger partial charge in [-0.15, -0.1) is 4.68 Å². The Labute approximate surface area is 194 Å². The Balaban J connectivity index is 1.81. The summed E-state index contributed by atoms with van der Waals surface area (Å²) in [6.45, 7) is 0. The van der Waals surface area contributed by atoms with Gasteiger partial charge >= 0.3 is 5.13 Å². The normalized spacial score (nSPS) is 14.9. The van der Waals surface area contributed by atoms with E-state index in [1.165, 1.54) is 19.3 Å². The lowest BCUT2D eigenvalue weighted by Crippen LogP contribution is -2.42. The van der Waals surface area contributed by atoms with Crippen molar-refractivity contribution in [1.29, 1.82) is 0 Å². The number of anilines is 2. The SMILES string of the molecule is C[n+]1nc(-c2ccc(Cl)cc2Cl)sc1N(c1ccc(Cl)cc1Cl)C1CCCCC1. The highest BCUT2D eigenvalue weighted by atomic mass is 35.5. The van der Waals surface area contributed by atoms with Crippen molar-refractivity contribution in [3.63, 3.8) is 0 Å². The summed E-state index contributed by atoms with van der Waals surface area (Å²) in [7, 11) is 1.96. The lowest BCUT2D eigenvalue weighted by molar-refractivity contribution is -0.713. The van der Waals surface area contributed by atoms with Crippen molar-refractivity contribution in [2.24, 2.45) is 7.05 Å². The van der Waals surface area contributed by atoms with Crippen LogP contribution in [0.25, 0.3) is 10.6 Å². The van der Waals surface area contributed by atoms with Crippen molar-refractivity contribution in [3.05, 3.63) is 56.5 Å². The van der Waals surface area contributed by atoms with Crippen LogP contribution in [-0.4, -0.2) is 11.1 Å². The molecule has 3 aromatic rings. The Morgan fingerprint density at radius 2 is 1.59 bits per heavy atom. The number of halogens is 4. The molecule has 4 rings (SSSR count). The highest BCUT2D eigenvalue weighted by Crippen LogP contribution is 2.42. The monoisotopic (exact) mass is 486 g/mol. The molecule has 1 aliphatic carbocycles. The number of nitrogens with zero attached hydrogens (tertiary/aromatic N) is 3. The maximum Gasteiger partial charge on any atom is 0.363 e. The summed E-state index contributed by atoms with van der Waals surface area (Å²) in [6, 6.07) is 11.5. The van der Waals surface area contributed by atoms with Crippen LogP contribution in [0.5, 0.6) is 0 Å². The highest BCUT2D eigenvalue weighted by Gasteiger charge is 2.35. The second-order valence-corrected chi connectivity index (χ2v) is 9.84. The molecule has 0 bridgehead atoms. The molecule has 29 heavy (non-hydrogen) atoms. The largest absolute Gasteiger partial charge is 0.363 e. The van der Waals surface area contributed by atoms with E-state index in [0.717, 1.165) is 34.2 Å². The molecule has 0 amide bonds. The van der Waals surface area contributed by atoms with Gasteiger partial charge in [-0.25, -0.2) is 4.90 Å². The molecular weight excluding hydrogens is 468 g/mol. The number of hydrogen-bond donors (Lipinski definition) is 0. The van der Waals surface area contributed by atoms with E-state index in [2.05, 4.69) is 4.90 Å². The zero-order chi connectivity index (χ0) is 20.5. The van der Waals surface area contributed by atoms with E-state index in [9.17, 15) is 0 Å². The smallest absolute Gasteiger partial charge is 0.212 e. The van der Waals surface area contributed by atoms with Crippen molar-refractivity contribution in [2.75, 3.05) is 4.90 Å². The van der Waals surface area contributed by atoms with E-state index in [1.807, 2.05) is 36.0 Å². The van der Waals surface area contributed by atoms with E-state index < -0.39 is 0 Å². The Kier molecular flexibility index (Phi) is 6.57. The first-order valence-corrected chi connectivity index (χ1v) is 11.8. The van der Waals surface area contributed by atoms with Gasteiger partial charge in [-0.1, -0.05) is 57.9 Å². The highest BCUT2D eigenvalue weighted by molar-refractivity contribution is 7.18. The quantitative estimate of drug-likeness (QED) is 0.351. The van der Waals surface area contributed by atoms with Crippen molar-refractivity contribution in [2.45, 2.75) is 38.1 Å². The second-order valence-electron chi connectivity index (χ2n) is 7.20. The first-order valence-electron chi connectivity index (χ1n) is 9.51. The van der Waals surface area contributed by atoms with Gasteiger partial charge in [0.25, 0.3) is 0 Å². The van der Waals surface area contributed by atoms with Crippen molar-refractivity contribution in [3.8, 4) is 10.6 Å². The number of hydrogen-bond acceptors (Lipinski definition) is 3. The van der Waals surface area contributed by atoms with E-state index >= 15 is 0 Å². The van der Waals surface area contributed by atoms with Gasteiger partial charge in [-0.3, -0.25) is 0 Å². The minimum atomic E-state index is 0.364. The Hall–Kier alpha value is -1.04. The van der Waals surface area contributed by atoms with Crippen LogP contribution in [0.1, 0.15) is 32.1 Å². The molecule has 0 aliphatic heterocycles. The molecule has 152 valence electrons. The van der Waals surface area contributed by atoms with Crippen LogP contribution < -0.4 is 9.58 Å². The molecule has 2 aromatic carbocycles. The third-order valence-electron chi connectivity index (χ3n) is 5.18. The summed E-state index contributed by atoms with van der Waals surface area (Å²) in [6.07, 6.45) is 5.94. The first-order chi connectivity index (χ1) is 13.9. The minimum absolute atomic E-state index is 0.364. The molecule has 1 aliphatic rings. The van der Waals surface area contributed by atoms with Crippen LogP contribution in [0.3, 0.4) is 0 Å². The maximum atomic E-state index is 6.63. The Bertz CT molecular complexity index is 1030. The number of rotatable bonds is 4. The predicted octanol–water partition coefficient (Wildman–Crippen LogP) is 7.72. The molecule has 0 N–H and O–H groups in total. The lowest BCUT2D eigenvalue weighted by atomic mass is 9.94. The fourth-order valence-corrected chi connectivity index (χ4v) is 6.00. The zero-order valence-corrected chi connectivity index (χ0v) is 19.7. The molecule has 1 aromatic heterocycles. The molecule has 1 heterocycles. The van der Waals surface area contributed by atoms with Crippen LogP contribution in [0.15, 0.2) is 36.4 Å². The molecule has 1 saturated carbocycles. The lowest BCUT2D eigenvalue weighted by Gasteiger charge is -2.28. The number of aromatic nitrogens is 2. The van der Waals surface area contributed by atoms with Crippen LogP contribution >= 0.6 is 57.7 Å². The standard InChI is InChI=1S/C21H20Cl4N3S/c1-27-21(29-20(26-27)16-9-7-13(22)11-17(16)24)28(15-5-3-2-4-6-15)19-10-8-14(23)12-18(19)25/h7-12,15H,2-6H2,1H3/q+1. The zero-order valence-electron chi connectivity index (χ0n) is 15.8. The van der Waals surface area contributed by atoms with Gasteiger partial charge in [-0.2, -0.15) is 0 Å². The molecule has 0 radical (unpaired) electrons. The van der Waals surface area contributed by atoms with Crippen LogP contribution in [0.2, 0.25) is 20.1 Å². The molecule has 0 spiro atoms. The van der Waals surface area contributed by atoms with Gasteiger partial charge in [0.05, 0.1) is 10.0 Å². The van der Waals surface area contributed by atoms with E-state index in [-0.39, 0.29) is 0 Å². The third kappa shape index (κ3) is 4.52. The fraction of sp³-hybridized carbons (Fsp3) is 0.333. The van der Waals surface area contributed by atoms with Crippen LogP contribution in [-0.2, 0) is 7.05 Å². The summed E-state index contributed by atoms with van der Waals surface area (Å²) in [5, 5.41) is 9.08. The maximum absolute atomic E-state index is 6.63. The predicted molar refractivity (Wildman–Crippen MR) is 124 cm³/mol. The minimum Gasteiger partial charge on any atom is -0.212 e. The topological polar surface area (TPSA) is 20.0 Å². The molecule has 8 heteroatoms. The summed E-state index contributed by atoms with van der Waals surface area (Å²) >= 11 is 26.9. The second kappa shape index (κ2) is 8.99. The molecule has 1 fully saturated rings. The van der Waals surface area contributed by atoms with Crippen molar-refractivity contribution < 1.29 is 4.68 Å². The van der Waals surface area contributed by atoms with Crippen molar-refractivity contribution in [1.82, 2.24) is 5.10 Å². The van der Waals surface area contributed by atoms with Gasteiger partial charge in [-0.05, 0) is 73.4 Å². The molecular formula is C21H20Cl4N3S+. The summed E-state index contributed by atoms with van der Waals surface area (Å²) in [4.78, 5) is 2.32. The van der Waals surface area contributed by atoms with Gasteiger partial charge in [0.15, 0.2) is 5.01 Å². The molecule has 0 atom stereocenters. The van der Waals surface area contributed by atoms with E-state index in [4.69, 9.17) is 51.5 Å². The van der Waals surface area contributed by atoms with Crippen LogP contribution in [0, 0.1) is 0 Å². The average molecular weight is 488 g/mol. The fourth-order valence-electron chi connectivity index (χ4n) is 3.80. The molecule has 3 nitrogen and oxygen atoms in total. The Morgan fingerprint density at radius 1 is 0.931 bits per heavy atom. The van der Waals surface area contributed by atoms with Gasteiger partial charge in [0.2, 0.25) is 0 Å². The Morgan fingerprint density at radius 3 is 2.24 bits per heavy atom. The van der Waals surface area contributed by atoms with Crippen LogP contribution in [0.4, 0.5) is 10.8 Å². The summed E-state index contributed by atoms with van der Waals surface area (Å²) < 4.78 is 1.91. The molecule has 0 unspecified atom stereocenters. The number of aryl methyl sites for hydroxylation is 1. The van der Waals surface area contributed by atoms with E-state index in [1.54, 1.807) is 23.5 Å². The van der Waals surface area contributed by atoms with Crippen molar-refractivity contribution >= 4 is 68.6 Å². The first kappa shape index (κ1) is 21.2. The third-order valence-corrected chi connectivity index (χ3v) is 7.41. The van der Waals surface area contributed by atoms with E-state index in [0.29, 0.717) is 26.1 Å². The molecule has 0 saturated heterocycles. The van der Waals surface area contributed by atoms with Gasteiger partial charge in [0, 0.05) is 15.6 Å². The number of benzene rings is 2.